The van der Waals surface area contributed by atoms with E-state index in [1.54, 1.807) is 18.2 Å². The van der Waals surface area contributed by atoms with Crippen LogP contribution in [0.25, 0.3) is 11.1 Å². The maximum Gasteiger partial charge on any atom is 1.00 e. The Balaban J connectivity index is 0.00000128. The van der Waals surface area contributed by atoms with E-state index in [0.717, 1.165) is 5.56 Å². The number of hydrogen-bond donors (Lipinski definition) is 0. The number of benzene rings is 1. The maximum absolute atomic E-state index is 11.7. The zero-order chi connectivity index (χ0) is 10.7. The Morgan fingerprint density at radius 2 is 1.38 bits per heavy atom. The van der Waals surface area contributed by atoms with Crippen LogP contribution < -0.4 is 68.7 Å². The summed E-state index contributed by atoms with van der Waals surface area (Å²) < 4.78 is 0. The van der Waals surface area contributed by atoms with Crippen LogP contribution >= 0.6 is 0 Å². The molecule has 0 aliphatic carbocycles. The summed E-state index contributed by atoms with van der Waals surface area (Å²) in [5, 5.41) is 11.7. The van der Waals surface area contributed by atoms with E-state index in [0.29, 0.717) is 5.56 Å². The van der Waals surface area contributed by atoms with Crippen molar-refractivity contribution in [1.82, 2.24) is 0 Å². The van der Waals surface area contributed by atoms with Crippen molar-refractivity contribution in [3.8, 4) is 16.9 Å². The Morgan fingerprint density at radius 3 is 2.06 bits per heavy atom. The summed E-state index contributed by atoms with van der Waals surface area (Å²) in [6, 6.07) is 15.4. The van der Waals surface area contributed by atoms with E-state index in [4.69, 9.17) is 0 Å². The molecule has 2 rings (SSSR count). The molecule has 0 aliphatic rings. The quantitative estimate of drug-likeness (QED) is 0.659. The molecule has 0 bridgehead atoms. The molecule has 3 heteroatoms. The molecular weight excluding hydrogens is 274 g/mol. The van der Waals surface area contributed by atoms with Crippen molar-refractivity contribution < 1.29 is 63.3 Å². The van der Waals surface area contributed by atoms with Gasteiger partial charge in [-0.05, 0) is 17.2 Å². The van der Waals surface area contributed by atoms with E-state index in [9.17, 15) is 9.90 Å². The van der Waals surface area contributed by atoms with Crippen molar-refractivity contribution in [1.29, 1.82) is 0 Å². The van der Waals surface area contributed by atoms with Crippen LogP contribution in [0.5, 0.6) is 5.75 Å². The second-order valence-electron chi connectivity index (χ2n) is 3.19. The minimum absolute atomic E-state index is 0. The number of rotatable bonds is 1. The molecule has 0 saturated heterocycles. The first-order valence-corrected chi connectivity index (χ1v) is 4.65. The van der Waals surface area contributed by atoms with Crippen LogP contribution in [-0.4, -0.2) is 0 Å². The summed E-state index contributed by atoms with van der Waals surface area (Å²) >= 11 is 0. The first-order valence-electron chi connectivity index (χ1n) is 4.65. The summed E-state index contributed by atoms with van der Waals surface area (Å²) in [5.41, 5.74) is 0.750. The fourth-order valence-electron chi connectivity index (χ4n) is 1.42. The molecule has 2 nitrogen and oxygen atoms in total. The molecular formula is C13H9O2Rb. The summed E-state index contributed by atoms with van der Waals surface area (Å²) in [5.74, 6) is -0.453. The molecule has 0 saturated carbocycles. The SMILES string of the molecule is O=c1ccccc(-c2ccccc2)c1[O-].[Rb+]. The molecule has 0 aromatic heterocycles. The summed E-state index contributed by atoms with van der Waals surface area (Å²) in [6.07, 6.45) is 0. The Morgan fingerprint density at radius 1 is 0.812 bits per heavy atom. The zero-order valence-corrected chi connectivity index (χ0v) is 13.9. The van der Waals surface area contributed by atoms with Crippen molar-refractivity contribution >= 4 is 0 Å². The van der Waals surface area contributed by atoms with Crippen molar-refractivity contribution in [2.24, 2.45) is 0 Å². The van der Waals surface area contributed by atoms with E-state index < -0.39 is 11.2 Å². The topological polar surface area (TPSA) is 40.1 Å². The van der Waals surface area contributed by atoms with Crippen LogP contribution in [0.2, 0.25) is 0 Å². The van der Waals surface area contributed by atoms with Gasteiger partial charge in [-0.15, -0.1) is 0 Å². The van der Waals surface area contributed by atoms with Crippen LogP contribution in [0.15, 0.2) is 59.4 Å². The van der Waals surface area contributed by atoms with Gasteiger partial charge < -0.3 is 5.11 Å². The van der Waals surface area contributed by atoms with Gasteiger partial charge >= 0.3 is 58.2 Å². The summed E-state index contributed by atoms with van der Waals surface area (Å²) in [7, 11) is 0. The van der Waals surface area contributed by atoms with Gasteiger partial charge in [-0.3, -0.25) is 4.79 Å². The molecule has 2 aromatic rings. The average molecular weight is 283 g/mol. The predicted molar refractivity (Wildman–Crippen MR) is 57.6 cm³/mol. The van der Waals surface area contributed by atoms with Crippen molar-refractivity contribution in [2.45, 2.75) is 0 Å². The van der Waals surface area contributed by atoms with Gasteiger partial charge in [-0.1, -0.05) is 54.3 Å². The van der Waals surface area contributed by atoms with Crippen LogP contribution in [0.4, 0.5) is 0 Å². The van der Waals surface area contributed by atoms with E-state index in [1.807, 2.05) is 30.3 Å². The molecule has 0 atom stereocenters. The molecule has 0 amide bonds. The maximum atomic E-state index is 11.7. The average Bonchev–Trinajstić information content (AvgIpc) is 2.44. The molecule has 0 unspecified atom stereocenters. The molecule has 0 fully saturated rings. The smallest absolute Gasteiger partial charge is 0.869 e. The number of hydrogen-bond acceptors (Lipinski definition) is 2. The standard InChI is InChI=1S/C13H10O2.Rb/c14-12-9-5-4-8-11(13(12)15)10-6-2-1-3-7-10;/h1-9H,(H,14,15);/q;+1/p-1. The first-order chi connectivity index (χ1) is 7.29. The predicted octanol–water partition coefficient (Wildman–Crippen LogP) is -1.21. The normalized spacial score (nSPS) is 9.25. The minimum Gasteiger partial charge on any atom is -0.869 e. The van der Waals surface area contributed by atoms with Crippen molar-refractivity contribution in [3.63, 3.8) is 0 Å². The van der Waals surface area contributed by atoms with Gasteiger partial charge in [0, 0.05) is 0 Å². The van der Waals surface area contributed by atoms with Crippen LogP contribution in [-0.2, 0) is 0 Å². The largest absolute Gasteiger partial charge is 1.00 e. The summed E-state index contributed by atoms with van der Waals surface area (Å²) in [6.45, 7) is 0. The molecule has 74 valence electrons. The van der Waals surface area contributed by atoms with Crippen LogP contribution in [0, 0.1) is 0 Å². The van der Waals surface area contributed by atoms with Gasteiger partial charge in [0.15, 0.2) is 5.43 Å². The molecule has 0 heterocycles. The van der Waals surface area contributed by atoms with Crippen LogP contribution in [0.1, 0.15) is 0 Å². The molecule has 2 aromatic carbocycles. The monoisotopic (exact) mass is 282 g/mol. The van der Waals surface area contributed by atoms with E-state index >= 15 is 0 Å². The Labute approximate surface area is 143 Å². The van der Waals surface area contributed by atoms with E-state index in [2.05, 4.69) is 0 Å². The minimum atomic E-state index is -0.473. The fraction of sp³-hybridized carbons (Fsp3) is 0. The van der Waals surface area contributed by atoms with Gasteiger partial charge in [-0.25, -0.2) is 0 Å². The van der Waals surface area contributed by atoms with Gasteiger partial charge in [-0.2, -0.15) is 0 Å². The first kappa shape index (κ1) is 13.8. The Bertz CT molecular complexity index is 524. The Hall–Kier alpha value is -0.285. The molecule has 0 spiro atoms. The molecule has 16 heavy (non-hydrogen) atoms. The second-order valence-corrected chi connectivity index (χ2v) is 3.19. The summed E-state index contributed by atoms with van der Waals surface area (Å²) in [4.78, 5) is 11.3. The second kappa shape index (κ2) is 6.45. The Kier molecular flexibility index (Phi) is 5.56. The third-order valence-electron chi connectivity index (χ3n) is 2.17. The third-order valence-corrected chi connectivity index (χ3v) is 2.17. The molecule has 0 radical (unpaired) electrons. The van der Waals surface area contributed by atoms with Crippen molar-refractivity contribution in [2.75, 3.05) is 0 Å². The van der Waals surface area contributed by atoms with Gasteiger partial charge in [0.2, 0.25) is 0 Å². The van der Waals surface area contributed by atoms with Gasteiger partial charge in [0.05, 0.1) is 0 Å². The van der Waals surface area contributed by atoms with E-state index in [-0.39, 0.29) is 58.2 Å². The van der Waals surface area contributed by atoms with Crippen molar-refractivity contribution in [3.05, 3.63) is 64.8 Å². The fourth-order valence-corrected chi connectivity index (χ4v) is 1.42. The molecule has 0 aliphatic heterocycles. The third kappa shape index (κ3) is 3.11. The molecule has 0 N–H and O–H groups in total. The van der Waals surface area contributed by atoms with Gasteiger partial charge in [0.25, 0.3) is 0 Å². The van der Waals surface area contributed by atoms with Gasteiger partial charge in [0.1, 0.15) is 0 Å². The van der Waals surface area contributed by atoms with E-state index in [1.165, 1.54) is 6.07 Å². The van der Waals surface area contributed by atoms with Crippen LogP contribution in [0.3, 0.4) is 0 Å². The zero-order valence-electron chi connectivity index (χ0n) is 9.01.